The quantitative estimate of drug-likeness (QED) is 0.303. The lowest BCUT2D eigenvalue weighted by Crippen LogP contribution is -1.87. The molecule has 0 heterocycles. The van der Waals surface area contributed by atoms with Crippen LogP contribution in [0.3, 0.4) is 0 Å². The molecule has 14 heavy (non-hydrogen) atoms. The van der Waals surface area contributed by atoms with Gasteiger partial charge in [0.15, 0.2) is 6.29 Å². The number of para-hydroxylation sites is 1. The maximum absolute atomic E-state index is 10.00. The van der Waals surface area contributed by atoms with E-state index < -0.39 is 0 Å². The van der Waals surface area contributed by atoms with Crippen LogP contribution >= 0.6 is 0 Å². The molecule has 1 rings (SSSR count). The van der Waals surface area contributed by atoms with Crippen LogP contribution in [0.1, 0.15) is 25.3 Å². The van der Waals surface area contributed by atoms with E-state index in [2.05, 4.69) is 6.92 Å². The molecule has 74 valence electrons. The average molecular weight is 190 g/mol. The number of hydrogen-bond acceptors (Lipinski definition) is 1. The van der Waals surface area contributed by atoms with Gasteiger partial charge in [0.05, 0.1) is 5.56 Å². The van der Waals surface area contributed by atoms with Crippen LogP contribution in [-0.4, -0.2) is 12.6 Å². The minimum Gasteiger partial charge on any atom is -0.529 e. The summed E-state index contributed by atoms with van der Waals surface area (Å²) in [5.74, 6) is 0.754. The molecule has 0 bridgehead atoms. The van der Waals surface area contributed by atoms with Gasteiger partial charge >= 0.3 is 5.75 Å². The zero-order valence-electron chi connectivity index (χ0n) is 8.32. The number of benzene rings is 1. The van der Waals surface area contributed by atoms with Crippen molar-refractivity contribution in [2.75, 3.05) is 0 Å². The van der Waals surface area contributed by atoms with E-state index in [0.29, 0.717) is 0 Å². The summed E-state index contributed by atoms with van der Waals surface area (Å²) >= 11 is 0. The predicted octanol–water partition coefficient (Wildman–Crippen LogP) is 2.59. The normalized spacial score (nSPS) is 10.6. The lowest BCUT2D eigenvalue weighted by Gasteiger charge is -1.96. The van der Waals surface area contributed by atoms with E-state index in [1.54, 1.807) is 6.29 Å². The molecule has 0 radical (unpaired) electrons. The van der Waals surface area contributed by atoms with Crippen LogP contribution in [-0.2, 0) is 15.6 Å². The number of carbonyl (C=O) groups excluding carboxylic acids is 2. The third kappa shape index (κ3) is 3.13. The Balaban J connectivity index is 2.79. The van der Waals surface area contributed by atoms with Crippen LogP contribution in [0.4, 0.5) is 0 Å². The van der Waals surface area contributed by atoms with Gasteiger partial charge in [0.25, 0.3) is 0 Å². The van der Waals surface area contributed by atoms with Gasteiger partial charge in [-0.15, -0.1) is 6.29 Å². The first-order valence-corrected chi connectivity index (χ1v) is 4.82. The van der Waals surface area contributed by atoms with Gasteiger partial charge in [0.2, 0.25) is 0 Å². The van der Waals surface area contributed by atoms with Crippen molar-refractivity contribution < 1.29 is 9.22 Å². The van der Waals surface area contributed by atoms with Gasteiger partial charge < -0.3 is 4.79 Å². The van der Waals surface area contributed by atoms with Crippen molar-refractivity contribution in [2.45, 2.75) is 26.2 Å². The second-order valence-electron chi connectivity index (χ2n) is 3.06. The van der Waals surface area contributed by atoms with Crippen molar-refractivity contribution in [2.24, 2.45) is 0 Å². The van der Waals surface area contributed by atoms with Crippen molar-refractivity contribution >= 4 is 12.6 Å². The van der Waals surface area contributed by atoms with E-state index in [1.807, 2.05) is 24.3 Å². The molecular formula is C12H14O2. The van der Waals surface area contributed by atoms with E-state index in [9.17, 15) is 4.79 Å². The molecule has 0 aliphatic rings. The monoisotopic (exact) mass is 190 g/mol. The fraction of sp³-hybridized carbons (Fsp3) is 0.333. The van der Waals surface area contributed by atoms with Crippen molar-refractivity contribution in [3.05, 3.63) is 29.8 Å². The van der Waals surface area contributed by atoms with Crippen LogP contribution in [0.25, 0.3) is 0 Å². The number of rotatable bonds is 5. The van der Waals surface area contributed by atoms with E-state index in [-0.39, 0.29) is 0 Å². The van der Waals surface area contributed by atoms with Gasteiger partial charge in [-0.05, 0) is 18.9 Å². The predicted molar refractivity (Wildman–Crippen MR) is 56.3 cm³/mol. The van der Waals surface area contributed by atoms with Gasteiger partial charge in [-0.1, -0.05) is 25.5 Å². The second kappa shape index (κ2) is 6.08. The number of unbranched alkanes of at least 4 members (excludes halogenated alkanes) is 1. The second-order valence-corrected chi connectivity index (χ2v) is 3.06. The molecule has 0 aliphatic heterocycles. The van der Waals surface area contributed by atoms with E-state index in [4.69, 9.17) is 4.42 Å². The Kier molecular flexibility index (Phi) is 4.62. The van der Waals surface area contributed by atoms with Gasteiger partial charge in [-0.2, -0.15) is 0 Å². The average Bonchev–Trinajstić information content (AvgIpc) is 2.24. The highest BCUT2D eigenvalue weighted by Gasteiger charge is 2.07. The summed E-state index contributed by atoms with van der Waals surface area (Å²) in [4.78, 5) is 10.00. The Morgan fingerprint density at radius 2 is 2.21 bits per heavy atom. The van der Waals surface area contributed by atoms with Crippen molar-refractivity contribution in [3.8, 4) is 5.75 Å². The fourth-order valence-corrected chi connectivity index (χ4v) is 1.28. The minimum atomic E-state index is 0.754. The smallest absolute Gasteiger partial charge is 0.351 e. The third-order valence-corrected chi connectivity index (χ3v) is 2.01. The summed E-state index contributed by atoms with van der Waals surface area (Å²) in [6.45, 7) is 2.15. The summed E-state index contributed by atoms with van der Waals surface area (Å²) in [6, 6.07) is 7.74. The van der Waals surface area contributed by atoms with E-state index in [1.165, 1.54) is 0 Å². The molecule has 0 saturated heterocycles. The Bertz CT molecular complexity index is 316. The number of aryl methyl sites for hydroxylation is 1. The molecule has 0 spiro atoms. The molecule has 0 saturated carbocycles. The molecule has 2 heteroatoms. The third-order valence-electron chi connectivity index (χ3n) is 2.01. The SMILES string of the molecule is CCCCc1ccccc1[O+]=C[C-]=O. The molecule has 1 aromatic rings. The molecule has 0 N–H and O–H groups in total. The summed E-state index contributed by atoms with van der Waals surface area (Å²) in [7, 11) is 0. The van der Waals surface area contributed by atoms with Gasteiger partial charge in [-0.3, -0.25) is 4.42 Å². The molecule has 0 amide bonds. The van der Waals surface area contributed by atoms with E-state index >= 15 is 0 Å². The van der Waals surface area contributed by atoms with Gasteiger partial charge in [-0.25, -0.2) is 0 Å². The lowest BCUT2D eigenvalue weighted by atomic mass is 10.1. The number of hydrogen-bond donors (Lipinski definition) is 0. The molecule has 0 aromatic heterocycles. The van der Waals surface area contributed by atoms with Crippen LogP contribution < -0.4 is 0 Å². The zero-order chi connectivity index (χ0) is 10.2. The Morgan fingerprint density at radius 3 is 2.93 bits per heavy atom. The highest BCUT2D eigenvalue weighted by atomic mass is 16.4. The van der Waals surface area contributed by atoms with Crippen LogP contribution in [0.2, 0.25) is 0 Å². The molecule has 0 aliphatic carbocycles. The van der Waals surface area contributed by atoms with Crippen LogP contribution in [0.5, 0.6) is 5.75 Å². The van der Waals surface area contributed by atoms with Crippen molar-refractivity contribution in [3.63, 3.8) is 0 Å². The maximum Gasteiger partial charge on any atom is 0.351 e. The van der Waals surface area contributed by atoms with Gasteiger partial charge in [0, 0.05) is 6.07 Å². The fourth-order valence-electron chi connectivity index (χ4n) is 1.28. The highest BCUT2D eigenvalue weighted by molar-refractivity contribution is 6.10. The summed E-state index contributed by atoms with van der Waals surface area (Å²) in [5.41, 5.74) is 1.14. The zero-order valence-corrected chi connectivity index (χ0v) is 8.32. The summed E-state index contributed by atoms with van der Waals surface area (Å²) in [5, 5.41) is 0. The Morgan fingerprint density at radius 1 is 1.43 bits per heavy atom. The first-order valence-electron chi connectivity index (χ1n) is 4.82. The first-order chi connectivity index (χ1) is 6.88. The Hall–Kier alpha value is -1.44. The summed E-state index contributed by atoms with van der Waals surface area (Å²) in [6.07, 6.45) is 5.91. The van der Waals surface area contributed by atoms with E-state index in [0.717, 1.165) is 36.9 Å². The molecule has 2 nitrogen and oxygen atoms in total. The van der Waals surface area contributed by atoms with Gasteiger partial charge in [0.1, 0.15) is 0 Å². The van der Waals surface area contributed by atoms with Crippen molar-refractivity contribution in [1.29, 1.82) is 0 Å². The molecule has 0 unspecified atom stereocenters. The molecular weight excluding hydrogens is 176 g/mol. The molecule has 0 fully saturated rings. The van der Waals surface area contributed by atoms with Crippen molar-refractivity contribution in [1.82, 2.24) is 0 Å². The largest absolute Gasteiger partial charge is 0.529 e. The molecule has 0 atom stereocenters. The first kappa shape index (κ1) is 10.6. The minimum absolute atomic E-state index is 0.754. The highest BCUT2D eigenvalue weighted by Crippen LogP contribution is 2.19. The molecule has 1 aromatic carbocycles. The van der Waals surface area contributed by atoms with Crippen LogP contribution in [0.15, 0.2) is 24.3 Å². The maximum atomic E-state index is 10.00. The van der Waals surface area contributed by atoms with Crippen LogP contribution in [0, 0.1) is 0 Å². The standard InChI is InChI=1S/C12H14O2/c1-2-3-6-11-7-4-5-8-12(11)14-10-9-13/h4-5,7-8,10H,2-3,6H2,1H3. The lowest BCUT2D eigenvalue weighted by molar-refractivity contribution is -0.359. The number of aldehydes is 1. The topological polar surface area (TPSA) is 28.4 Å². The Labute approximate surface area is 84.3 Å². The summed E-state index contributed by atoms with van der Waals surface area (Å²) < 4.78 is 5.13.